The van der Waals surface area contributed by atoms with E-state index in [0.29, 0.717) is 12.0 Å². The molecule has 0 spiro atoms. The molecule has 21 heavy (non-hydrogen) atoms. The Morgan fingerprint density at radius 2 is 1.48 bits per heavy atom. The topological polar surface area (TPSA) is 52.6 Å². The summed E-state index contributed by atoms with van der Waals surface area (Å²) >= 11 is 0. The highest BCUT2D eigenvalue weighted by Gasteiger charge is 2.50. The third-order valence-electron chi connectivity index (χ3n) is 3.23. The van der Waals surface area contributed by atoms with Crippen LogP contribution in [0.25, 0.3) is 0 Å². The van der Waals surface area contributed by atoms with Crippen molar-refractivity contribution in [3.63, 3.8) is 0 Å². The van der Waals surface area contributed by atoms with E-state index in [9.17, 15) is 9.59 Å². The quantitative estimate of drug-likeness (QED) is 0.572. The molecule has 0 atom stereocenters. The van der Waals surface area contributed by atoms with Gasteiger partial charge in [-0.15, -0.1) is 0 Å². The third-order valence-corrected chi connectivity index (χ3v) is 3.23. The smallest absolute Gasteiger partial charge is 0.328 e. The van der Waals surface area contributed by atoms with Crippen LogP contribution >= 0.6 is 0 Å². The Labute approximate surface area is 126 Å². The molecule has 0 saturated carbocycles. The monoisotopic (exact) mass is 292 g/mol. The summed E-state index contributed by atoms with van der Waals surface area (Å²) in [6, 6.07) is 9.01. The Balaban J connectivity index is 3.40. The SMILES string of the molecule is CCOC(=O)C(CC(C)C)(C(=O)OCC)c1ccccc1. The Morgan fingerprint density at radius 3 is 1.86 bits per heavy atom. The van der Waals surface area contributed by atoms with Crippen LogP contribution in [0.5, 0.6) is 0 Å². The fourth-order valence-corrected chi connectivity index (χ4v) is 2.45. The van der Waals surface area contributed by atoms with Crippen LogP contribution in [0.4, 0.5) is 0 Å². The summed E-state index contributed by atoms with van der Waals surface area (Å²) in [7, 11) is 0. The highest BCUT2D eigenvalue weighted by atomic mass is 16.6. The van der Waals surface area contributed by atoms with Crippen molar-refractivity contribution in [1.82, 2.24) is 0 Å². The van der Waals surface area contributed by atoms with Gasteiger partial charge in [-0.3, -0.25) is 9.59 Å². The lowest BCUT2D eigenvalue weighted by atomic mass is 9.74. The molecule has 1 aromatic rings. The molecule has 0 bridgehead atoms. The van der Waals surface area contributed by atoms with Gasteiger partial charge in [0.25, 0.3) is 0 Å². The van der Waals surface area contributed by atoms with Gasteiger partial charge in [0.15, 0.2) is 5.41 Å². The first-order valence-electron chi connectivity index (χ1n) is 7.39. The summed E-state index contributed by atoms with van der Waals surface area (Å²) < 4.78 is 10.4. The van der Waals surface area contributed by atoms with E-state index in [2.05, 4.69) is 0 Å². The van der Waals surface area contributed by atoms with E-state index in [-0.39, 0.29) is 19.1 Å². The van der Waals surface area contributed by atoms with Crippen LogP contribution in [-0.2, 0) is 24.5 Å². The molecule has 0 unspecified atom stereocenters. The molecule has 4 heteroatoms. The zero-order chi connectivity index (χ0) is 15.9. The molecule has 0 aromatic heterocycles. The molecule has 0 fully saturated rings. The Bertz CT molecular complexity index is 447. The predicted octanol–water partition coefficient (Wildman–Crippen LogP) is 3.10. The van der Waals surface area contributed by atoms with Gasteiger partial charge in [0, 0.05) is 0 Å². The van der Waals surface area contributed by atoms with Crippen molar-refractivity contribution >= 4 is 11.9 Å². The molecular formula is C17H24O4. The second-order valence-corrected chi connectivity index (χ2v) is 5.31. The van der Waals surface area contributed by atoms with Gasteiger partial charge in [-0.1, -0.05) is 44.2 Å². The standard InChI is InChI=1S/C17H24O4/c1-5-20-15(18)17(12-13(3)4,16(19)21-6-2)14-10-8-7-9-11-14/h7-11,13H,5-6,12H2,1-4H3. The van der Waals surface area contributed by atoms with Gasteiger partial charge in [0.1, 0.15) is 0 Å². The van der Waals surface area contributed by atoms with Crippen LogP contribution in [0, 0.1) is 5.92 Å². The maximum atomic E-state index is 12.6. The van der Waals surface area contributed by atoms with Crippen molar-refractivity contribution in [3.8, 4) is 0 Å². The first-order chi connectivity index (χ1) is 9.98. The van der Waals surface area contributed by atoms with Crippen molar-refractivity contribution in [2.75, 3.05) is 13.2 Å². The van der Waals surface area contributed by atoms with E-state index in [1.54, 1.807) is 26.0 Å². The first kappa shape index (κ1) is 17.2. The van der Waals surface area contributed by atoms with E-state index in [1.807, 2.05) is 32.0 Å². The van der Waals surface area contributed by atoms with Crippen LogP contribution in [0.2, 0.25) is 0 Å². The maximum absolute atomic E-state index is 12.6. The minimum Gasteiger partial charge on any atom is -0.465 e. The third kappa shape index (κ3) is 3.84. The summed E-state index contributed by atoms with van der Waals surface area (Å²) in [4.78, 5) is 25.2. The van der Waals surface area contributed by atoms with E-state index in [4.69, 9.17) is 9.47 Å². The summed E-state index contributed by atoms with van der Waals surface area (Å²) in [6.07, 6.45) is 0.356. The normalized spacial score (nSPS) is 11.3. The van der Waals surface area contributed by atoms with Crippen molar-refractivity contribution in [3.05, 3.63) is 35.9 Å². The number of carbonyl (C=O) groups is 2. The lowest BCUT2D eigenvalue weighted by Gasteiger charge is -2.31. The molecule has 1 aromatic carbocycles. The molecule has 0 saturated heterocycles. The lowest BCUT2D eigenvalue weighted by molar-refractivity contribution is -0.166. The van der Waals surface area contributed by atoms with Gasteiger partial charge in [-0.05, 0) is 31.7 Å². The number of benzene rings is 1. The average Bonchev–Trinajstić information content (AvgIpc) is 2.45. The van der Waals surface area contributed by atoms with Crippen LogP contribution in [0.15, 0.2) is 30.3 Å². The van der Waals surface area contributed by atoms with Crippen LogP contribution in [-0.4, -0.2) is 25.2 Å². The van der Waals surface area contributed by atoms with Gasteiger partial charge in [-0.25, -0.2) is 0 Å². The van der Waals surface area contributed by atoms with E-state index < -0.39 is 17.4 Å². The van der Waals surface area contributed by atoms with Crippen molar-refractivity contribution < 1.29 is 19.1 Å². The first-order valence-corrected chi connectivity index (χ1v) is 7.39. The molecule has 0 amide bonds. The van der Waals surface area contributed by atoms with Crippen molar-refractivity contribution in [2.24, 2.45) is 5.92 Å². The molecule has 0 heterocycles. The summed E-state index contributed by atoms with van der Waals surface area (Å²) in [5.41, 5.74) is -0.767. The van der Waals surface area contributed by atoms with Gasteiger partial charge >= 0.3 is 11.9 Å². The number of esters is 2. The van der Waals surface area contributed by atoms with Crippen LogP contribution < -0.4 is 0 Å². The van der Waals surface area contributed by atoms with Crippen LogP contribution in [0.1, 0.15) is 39.7 Å². The number of carbonyl (C=O) groups excluding carboxylic acids is 2. The molecule has 0 aliphatic carbocycles. The molecule has 0 aliphatic heterocycles. The Hall–Kier alpha value is -1.84. The largest absolute Gasteiger partial charge is 0.465 e. The molecule has 1 rings (SSSR count). The second-order valence-electron chi connectivity index (χ2n) is 5.31. The van der Waals surface area contributed by atoms with E-state index in [0.717, 1.165) is 0 Å². The minimum absolute atomic E-state index is 0.138. The van der Waals surface area contributed by atoms with Gasteiger partial charge in [0.05, 0.1) is 13.2 Å². The molecular weight excluding hydrogens is 268 g/mol. The Morgan fingerprint density at radius 1 is 1.00 bits per heavy atom. The van der Waals surface area contributed by atoms with Gasteiger partial charge in [0.2, 0.25) is 0 Å². The molecule has 116 valence electrons. The highest BCUT2D eigenvalue weighted by molar-refractivity contribution is 6.06. The summed E-state index contributed by atoms with van der Waals surface area (Å²) in [6.45, 7) is 7.85. The van der Waals surface area contributed by atoms with Crippen molar-refractivity contribution in [2.45, 2.75) is 39.5 Å². The zero-order valence-electron chi connectivity index (χ0n) is 13.2. The fraction of sp³-hybridized carbons (Fsp3) is 0.529. The second kappa shape index (κ2) is 7.81. The maximum Gasteiger partial charge on any atom is 0.328 e. The average molecular weight is 292 g/mol. The highest BCUT2D eigenvalue weighted by Crippen LogP contribution is 2.34. The number of hydrogen-bond donors (Lipinski definition) is 0. The van der Waals surface area contributed by atoms with E-state index >= 15 is 0 Å². The van der Waals surface area contributed by atoms with Crippen molar-refractivity contribution in [1.29, 1.82) is 0 Å². The van der Waals surface area contributed by atoms with Gasteiger partial charge in [-0.2, -0.15) is 0 Å². The Kier molecular flexibility index (Phi) is 6.40. The molecule has 0 N–H and O–H groups in total. The van der Waals surface area contributed by atoms with E-state index in [1.165, 1.54) is 0 Å². The number of ether oxygens (including phenoxy) is 2. The lowest BCUT2D eigenvalue weighted by Crippen LogP contribution is -2.47. The number of rotatable bonds is 7. The predicted molar refractivity (Wildman–Crippen MR) is 80.8 cm³/mol. The minimum atomic E-state index is -1.39. The van der Waals surface area contributed by atoms with Gasteiger partial charge < -0.3 is 9.47 Å². The fourth-order valence-electron chi connectivity index (χ4n) is 2.45. The molecule has 0 aliphatic rings. The molecule has 4 nitrogen and oxygen atoms in total. The molecule has 0 radical (unpaired) electrons. The summed E-state index contributed by atoms with van der Waals surface area (Å²) in [5, 5.41) is 0. The summed E-state index contributed by atoms with van der Waals surface area (Å²) in [5.74, 6) is -0.939. The zero-order valence-corrected chi connectivity index (χ0v) is 13.2. The number of hydrogen-bond acceptors (Lipinski definition) is 4. The van der Waals surface area contributed by atoms with Crippen LogP contribution in [0.3, 0.4) is 0 Å².